The summed E-state index contributed by atoms with van der Waals surface area (Å²) >= 11 is 0. The first kappa shape index (κ1) is 43.3. The van der Waals surface area contributed by atoms with Crippen molar-refractivity contribution in [2.75, 3.05) is 13.2 Å². The van der Waals surface area contributed by atoms with Gasteiger partial charge in [-0.25, -0.2) is 4.79 Å². The third-order valence-corrected chi connectivity index (χ3v) is 9.26. The monoisotopic (exact) mass is 842 g/mol. The number of phenols is 3. The third-order valence-electron chi connectivity index (χ3n) is 9.26. The number of carbonyl (C=O) groups is 3. The van der Waals surface area contributed by atoms with Crippen LogP contribution in [0.15, 0.2) is 76.0 Å². The Balaban J connectivity index is 1.22. The molecular formula is C39H38O21. The third kappa shape index (κ3) is 9.93. The molecule has 2 aromatic rings. The molecule has 2 fully saturated rings. The zero-order valence-electron chi connectivity index (χ0n) is 30.8. The van der Waals surface area contributed by atoms with Crippen LogP contribution in [0.1, 0.15) is 12.0 Å². The van der Waals surface area contributed by atoms with E-state index in [1.165, 1.54) is 60.7 Å². The van der Waals surface area contributed by atoms with Crippen molar-refractivity contribution in [2.45, 2.75) is 67.8 Å². The zero-order chi connectivity index (χ0) is 43.4. The van der Waals surface area contributed by atoms with Gasteiger partial charge in [-0.1, -0.05) is 6.07 Å². The molecule has 320 valence electrons. The van der Waals surface area contributed by atoms with Crippen molar-refractivity contribution in [3.8, 4) is 51.4 Å². The molecule has 0 bridgehead atoms. The number of hydrogen-bond donors (Lipinski definition) is 10. The van der Waals surface area contributed by atoms with Crippen molar-refractivity contribution >= 4 is 24.0 Å². The predicted octanol–water partition coefficient (Wildman–Crippen LogP) is -0.824. The van der Waals surface area contributed by atoms with Crippen molar-refractivity contribution in [1.29, 1.82) is 0 Å². The number of aromatic hydroxyl groups is 3. The average molecular weight is 843 g/mol. The SMILES string of the molecule is O=C(O)CC(=O)OCC1OC(Oc2cc3c(=O)cc(OC4OC(COC(=O)C=Cc5ccc(O)c(O)c5)C(O)C(O)C4O)cc-3oc2-c2ccc(O)cc2)C(O)C(O)C1O. The van der Waals surface area contributed by atoms with Gasteiger partial charge in [-0.3, -0.25) is 14.4 Å². The summed E-state index contributed by atoms with van der Waals surface area (Å²) in [5, 5.41) is 101. The zero-order valence-corrected chi connectivity index (χ0v) is 30.8. The largest absolute Gasteiger partial charge is 0.508 e. The van der Waals surface area contributed by atoms with Crippen LogP contribution in [0, 0.1) is 0 Å². The number of esters is 2. The fourth-order valence-electron chi connectivity index (χ4n) is 6.06. The summed E-state index contributed by atoms with van der Waals surface area (Å²) < 4.78 is 38.8. The fourth-order valence-corrected chi connectivity index (χ4v) is 6.06. The highest BCUT2D eigenvalue weighted by atomic mass is 16.7. The quantitative estimate of drug-likeness (QED) is 0.0340. The van der Waals surface area contributed by atoms with Crippen LogP contribution in [0.2, 0.25) is 0 Å². The molecule has 6 rings (SSSR count). The molecule has 0 spiro atoms. The minimum atomic E-state index is -1.93. The molecule has 3 aliphatic heterocycles. The smallest absolute Gasteiger partial charge is 0.330 e. The number of ether oxygens (including phenoxy) is 6. The number of fused-ring (bicyclic) bond motifs is 1. The number of aliphatic hydroxyl groups is 6. The number of aliphatic carboxylic acids is 1. The molecule has 2 aromatic carbocycles. The topological polar surface area (TPSA) is 339 Å². The normalized spacial score (nSPS) is 26.7. The molecule has 0 radical (unpaired) electrons. The molecule has 21 heteroatoms. The lowest BCUT2D eigenvalue weighted by Crippen LogP contribution is -2.60. The minimum Gasteiger partial charge on any atom is -0.508 e. The fraction of sp³-hybridized carbons (Fsp3) is 0.333. The molecule has 10 N–H and O–H groups in total. The van der Waals surface area contributed by atoms with Crippen LogP contribution < -0.4 is 14.9 Å². The second-order valence-electron chi connectivity index (χ2n) is 13.6. The summed E-state index contributed by atoms with van der Waals surface area (Å²) in [6.07, 6.45) is -16.5. The van der Waals surface area contributed by atoms with E-state index >= 15 is 0 Å². The Kier molecular flexibility index (Phi) is 13.2. The molecule has 0 amide bonds. The number of hydrogen-bond acceptors (Lipinski definition) is 20. The lowest BCUT2D eigenvalue weighted by atomic mass is 9.99. The number of aliphatic hydroxyl groups excluding tert-OH is 6. The molecule has 1 aliphatic carbocycles. The van der Waals surface area contributed by atoms with Gasteiger partial charge in [-0.15, -0.1) is 0 Å². The van der Waals surface area contributed by atoms with Gasteiger partial charge in [0.15, 0.2) is 28.4 Å². The predicted molar refractivity (Wildman–Crippen MR) is 196 cm³/mol. The number of benzene rings is 3. The maximum Gasteiger partial charge on any atom is 0.330 e. The van der Waals surface area contributed by atoms with E-state index in [0.717, 1.165) is 12.1 Å². The van der Waals surface area contributed by atoms with Gasteiger partial charge in [0, 0.05) is 23.8 Å². The number of carboxylic acids is 1. The Morgan fingerprint density at radius 3 is 1.92 bits per heavy atom. The van der Waals surface area contributed by atoms with Gasteiger partial charge in [0.1, 0.15) is 85.7 Å². The van der Waals surface area contributed by atoms with Crippen molar-refractivity contribution in [3.63, 3.8) is 0 Å². The highest BCUT2D eigenvalue weighted by Crippen LogP contribution is 2.40. The number of rotatable bonds is 13. The van der Waals surface area contributed by atoms with E-state index in [-0.39, 0.29) is 45.6 Å². The molecular weight excluding hydrogens is 804 g/mol. The van der Waals surface area contributed by atoms with Crippen molar-refractivity contribution < 1.29 is 98.3 Å². The van der Waals surface area contributed by atoms with Gasteiger partial charge in [0.2, 0.25) is 12.6 Å². The van der Waals surface area contributed by atoms with E-state index in [0.29, 0.717) is 5.56 Å². The molecule has 2 saturated heterocycles. The van der Waals surface area contributed by atoms with Crippen LogP contribution in [0.4, 0.5) is 0 Å². The van der Waals surface area contributed by atoms with Crippen molar-refractivity contribution in [1.82, 2.24) is 0 Å². The second kappa shape index (κ2) is 18.3. The minimum absolute atomic E-state index is 0.138. The molecule has 4 aliphatic rings. The summed E-state index contributed by atoms with van der Waals surface area (Å²) in [6.45, 7) is -1.38. The molecule has 10 atom stereocenters. The Morgan fingerprint density at radius 2 is 1.30 bits per heavy atom. The van der Waals surface area contributed by atoms with Gasteiger partial charge in [-0.2, -0.15) is 0 Å². The van der Waals surface area contributed by atoms with E-state index in [1.807, 2.05) is 0 Å². The van der Waals surface area contributed by atoms with E-state index < -0.39 is 110 Å². The van der Waals surface area contributed by atoms with Crippen LogP contribution in [-0.4, -0.2) is 144 Å². The molecule has 21 nitrogen and oxygen atoms in total. The van der Waals surface area contributed by atoms with Crippen LogP contribution >= 0.6 is 0 Å². The van der Waals surface area contributed by atoms with Gasteiger partial charge < -0.3 is 83.9 Å². The van der Waals surface area contributed by atoms with Crippen LogP contribution in [0.25, 0.3) is 28.7 Å². The Morgan fingerprint density at radius 1 is 0.683 bits per heavy atom. The summed E-state index contributed by atoms with van der Waals surface area (Å²) in [7, 11) is 0. The van der Waals surface area contributed by atoms with Gasteiger partial charge >= 0.3 is 17.9 Å². The molecule has 0 saturated carbocycles. The first-order valence-corrected chi connectivity index (χ1v) is 17.9. The summed E-state index contributed by atoms with van der Waals surface area (Å²) in [6, 6.07) is 12.5. The van der Waals surface area contributed by atoms with Crippen LogP contribution in [0.5, 0.6) is 28.7 Å². The highest BCUT2D eigenvalue weighted by molar-refractivity contribution is 5.90. The van der Waals surface area contributed by atoms with E-state index in [2.05, 4.69) is 0 Å². The number of carbonyl (C=O) groups excluding carboxylic acids is 2. The second-order valence-corrected chi connectivity index (χ2v) is 13.6. The molecule has 60 heavy (non-hydrogen) atoms. The Hall–Kier alpha value is -6.30. The van der Waals surface area contributed by atoms with E-state index in [1.54, 1.807) is 0 Å². The first-order chi connectivity index (χ1) is 28.5. The summed E-state index contributed by atoms with van der Waals surface area (Å²) in [5.74, 6) is -5.37. The lowest BCUT2D eigenvalue weighted by Gasteiger charge is -2.40. The van der Waals surface area contributed by atoms with Crippen LogP contribution in [0.3, 0.4) is 0 Å². The summed E-state index contributed by atoms with van der Waals surface area (Å²) in [5.41, 5.74) is -0.371. The standard InChI is InChI=1S/C39H38O21/c40-18-5-3-17(4-6-18)37-25(58-39-36(53)34(51)32(49)27(60-39)15-55-30(47)13-28(44)45)12-20-22(42)10-19(11-24(20)57-37)56-38-35(52)33(50)31(48)26(59-38)14-54-29(46)8-2-16-1-7-21(41)23(43)9-16/h1-12,26-27,31-36,38-41,43,48-53H,13-15H2,(H,44,45). The lowest BCUT2D eigenvalue weighted by molar-refractivity contribution is -0.278. The average Bonchev–Trinajstić information content (AvgIpc) is 3.20. The van der Waals surface area contributed by atoms with Gasteiger partial charge in [0.25, 0.3) is 0 Å². The first-order valence-electron chi connectivity index (χ1n) is 17.9. The van der Waals surface area contributed by atoms with E-state index in [9.17, 15) is 65.1 Å². The highest BCUT2D eigenvalue weighted by Gasteiger charge is 2.47. The van der Waals surface area contributed by atoms with Crippen molar-refractivity contribution in [3.05, 3.63) is 82.5 Å². The number of carboxylic acid groups (broad SMARTS) is 1. The van der Waals surface area contributed by atoms with E-state index in [4.69, 9.17) is 37.9 Å². The number of phenolic OH excluding ortho intramolecular Hbond substituents is 3. The van der Waals surface area contributed by atoms with Crippen LogP contribution in [-0.2, 0) is 33.3 Å². The Bertz CT molecular complexity index is 2240. The maximum atomic E-state index is 13.5. The maximum absolute atomic E-state index is 13.5. The Labute approximate surface area is 337 Å². The van der Waals surface area contributed by atoms with Gasteiger partial charge in [0.05, 0.1) is 5.56 Å². The van der Waals surface area contributed by atoms with Gasteiger partial charge in [-0.05, 0) is 54.1 Å². The van der Waals surface area contributed by atoms with Crippen molar-refractivity contribution in [2.24, 2.45) is 0 Å². The molecule has 3 heterocycles. The molecule has 0 aromatic heterocycles. The summed E-state index contributed by atoms with van der Waals surface area (Å²) in [4.78, 5) is 48.5. The molecule has 10 unspecified atom stereocenters.